The molecule has 0 unspecified atom stereocenters. The zero-order valence-electron chi connectivity index (χ0n) is 10.8. The molecule has 0 heterocycles. The van der Waals surface area contributed by atoms with Crippen LogP contribution in [0.4, 0.5) is 0 Å². The van der Waals surface area contributed by atoms with Crippen LogP contribution in [0.15, 0.2) is 54.1 Å². The number of halogens is 1. The molecule has 0 saturated carbocycles. The minimum Gasteiger partial charge on any atom is -0.478 e. The fraction of sp³-hybridized carbons (Fsp3) is 0.118. The third-order valence-electron chi connectivity index (χ3n) is 3.64. The summed E-state index contributed by atoms with van der Waals surface area (Å²) in [6, 6.07) is 15.3. The van der Waals surface area contributed by atoms with Gasteiger partial charge in [0.25, 0.3) is 0 Å². The van der Waals surface area contributed by atoms with E-state index in [2.05, 4.69) is 0 Å². The molecule has 2 nitrogen and oxygen atoms in total. The molecule has 1 N–H and O–H groups in total. The van der Waals surface area contributed by atoms with E-state index in [1.54, 1.807) is 0 Å². The topological polar surface area (TPSA) is 37.3 Å². The second-order valence-electron chi connectivity index (χ2n) is 4.79. The summed E-state index contributed by atoms with van der Waals surface area (Å²) in [5.74, 6) is -0.852. The van der Waals surface area contributed by atoms with Crippen LogP contribution in [0.3, 0.4) is 0 Å². The average molecular weight is 285 g/mol. The first-order chi connectivity index (χ1) is 9.68. The van der Waals surface area contributed by atoms with E-state index in [9.17, 15) is 9.90 Å². The first-order valence-electron chi connectivity index (χ1n) is 6.48. The SMILES string of the molecule is O=C(O)C1=C(c2ccccc2)c2cccc(Cl)c2CC1. The van der Waals surface area contributed by atoms with Gasteiger partial charge in [-0.3, -0.25) is 0 Å². The maximum Gasteiger partial charge on any atom is 0.332 e. The molecule has 0 saturated heterocycles. The van der Waals surface area contributed by atoms with E-state index in [1.165, 1.54) is 0 Å². The molecule has 20 heavy (non-hydrogen) atoms. The number of fused-ring (bicyclic) bond motifs is 1. The van der Waals surface area contributed by atoms with Crippen molar-refractivity contribution < 1.29 is 9.90 Å². The largest absolute Gasteiger partial charge is 0.478 e. The summed E-state index contributed by atoms with van der Waals surface area (Å²) in [7, 11) is 0. The van der Waals surface area contributed by atoms with Crippen LogP contribution >= 0.6 is 11.6 Å². The number of aliphatic carboxylic acids is 1. The van der Waals surface area contributed by atoms with Gasteiger partial charge in [0.15, 0.2) is 0 Å². The minimum absolute atomic E-state index is 0.464. The first kappa shape index (κ1) is 12.9. The quantitative estimate of drug-likeness (QED) is 0.898. The van der Waals surface area contributed by atoms with Crippen LogP contribution in [0.1, 0.15) is 23.1 Å². The Morgan fingerprint density at radius 3 is 2.45 bits per heavy atom. The van der Waals surface area contributed by atoms with Gasteiger partial charge in [-0.1, -0.05) is 54.1 Å². The molecule has 2 aromatic rings. The van der Waals surface area contributed by atoms with Crippen LogP contribution in [0.5, 0.6) is 0 Å². The molecule has 0 atom stereocenters. The normalized spacial score (nSPS) is 14.1. The molecule has 0 fully saturated rings. The number of carbonyl (C=O) groups is 1. The molecular weight excluding hydrogens is 272 g/mol. The van der Waals surface area contributed by atoms with Gasteiger partial charge in [0.1, 0.15) is 0 Å². The molecule has 0 spiro atoms. The summed E-state index contributed by atoms with van der Waals surface area (Å²) < 4.78 is 0. The summed E-state index contributed by atoms with van der Waals surface area (Å²) in [5, 5.41) is 10.2. The summed E-state index contributed by atoms with van der Waals surface area (Å²) in [6.07, 6.45) is 1.18. The molecule has 0 bridgehead atoms. The van der Waals surface area contributed by atoms with Crippen molar-refractivity contribution >= 4 is 23.1 Å². The molecular formula is C17H13ClO2. The zero-order chi connectivity index (χ0) is 14.1. The van der Waals surface area contributed by atoms with Gasteiger partial charge in [0.05, 0.1) is 0 Å². The van der Waals surface area contributed by atoms with E-state index >= 15 is 0 Å². The van der Waals surface area contributed by atoms with E-state index in [0.29, 0.717) is 23.4 Å². The molecule has 0 aliphatic heterocycles. The van der Waals surface area contributed by atoms with E-state index in [0.717, 1.165) is 22.3 Å². The van der Waals surface area contributed by atoms with Crippen LogP contribution in [-0.4, -0.2) is 11.1 Å². The molecule has 100 valence electrons. The summed E-state index contributed by atoms with van der Waals surface area (Å²) in [4.78, 5) is 11.5. The van der Waals surface area contributed by atoms with Crippen molar-refractivity contribution in [1.82, 2.24) is 0 Å². The summed E-state index contributed by atoms with van der Waals surface area (Å²) in [5.41, 5.74) is 4.16. The minimum atomic E-state index is -0.852. The predicted octanol–water partition coefficient (Wildman–Crippen LogP) is 4.17. The monoisotopic (exact) mass is 284 g/mol. The third kappa shape index (κ3) is 2.12. The number of carboxylic acids is 1. The Kier molecular flexibility index (Phi) is 3.33. The highest BCUT2D eigenvalue weighted by Crippen LogP contribution is 2.38. The lowest BCUT2D eigenvalue weighted by atomic mass is 9.82. The van der Waals surface area contributed by atoms with Crippen molar-refractivity contribution in [3.63, 3.8) is 0 Å². The van der Waals surface area contributed by atoms with Gasteiger partial charge in [0, 0.05) is 10.6 Å². The van der Waals surface area contributed by atoms with E-state index in [4.69, 9.17) is 11.6 Å². The standard InChI is InChI=1S/C17H13ClO2/c18-15-8-4-7-13-12(15)9-10-14(17(19)20)16(13)11-5-2-1-3-6-11/h1-8H,9-10H2,(H,19,20). The third-order valence-corrected chi connectivity index (χ3v) is 3.99. The van der Waals surface area contributed by atoms with Crippen LogP contribution in [0, 0.1) is 0 Å². The number of carboxylic acid groups (broad SMARTS) is 1. The Morgan fingerprint density at radius 2 is 1.75 bits per heavy atom. The van der Waals surface area contributed by atoms with Crippen molar-refractivity contribution in [2.75, 3.05) is 0 Å². The Labute approximate surface area is 122 Å². The molecule has 3 heteroatoms. The molecule has 0 amide bonds. The second-order valence-corrected chi connectivity index (χ2v) is 5.20. The molecule has 1 aliphatic rings. The van der Waals surface area contributed by atoms with Crippen LogP contribution in [0.2, 0.25) is 5.02 Å². The number of hydrogen-bond acceptors (Lipinski definition) is 1. The van der Waals surface area contributed by atoms with Gasteiger partial charge < -0.3 is 5.11 Å². The molecule has 1 aliphatic carbocycles. The van der Waals surface area contributed by atoms with Crippen molar-refractivity contribution in [1.29, 1.82) is 0 Å². The average Bonchev–Trinajstić information content (AvgIpc) is 2.47. The lowest BCUT2D eigenvalue weighted by Crippen LogP contribution is -2.13. The maximum absolute atomic E-state index is 11.5. The van der Waals surface area contributed by atoms with Gasteiger partial charge >= 0.3 is 5.97 Å². The van der Waals surface area contributed by atoms with Crippen LogP contribution in [-0.2, 0) is 11.2 Å². The van der Waals surface area contributed by atoms with Crippen molar-refractivity contribution in [2.24, 2.45) is 0 Å². The highest BCUT2D eigenvalue weighted by molar-refractivity contribution is 6.31. The Morgan fingerprint density at radius 1 is 1.00 bits per heavy atom. The molecule has 0 aromatic heterocycles. The number of hydrogen-bond donors (Lipinski definition) is 1. The van der Waals surface area contributed by atoms with Gasteiger partial charge in [-0.2, -0.15) is 0 Å². The number of rotatable bonds is 2. The Bertz CT molecular complexity index is 702. The Hall–Kier alpha value is -2.06. The van der Waals surface area contributed by atoms with E-state index < -0.39 is 5.97 Å². The van der Waals surface area contributed by atoms with Gasteiger partial charge in [-0.05, 0) is 41.2 Å². The first-order valence-corrected chi connectivity index (χ1v) is 6.86. The van der Waals surface area contributed by atoms with E-state index in [-0.39, 0.29) is 0 Å². The van der Waals surface area contributed by atoms with Crippen molar-refractivity contribution in [3.8, 4) is 0 Å². The fourth-order valence-corrected chi connectivity index (χ4v) is 3.00. The van der Waals surface area contributed by atoms with Crippen LogP contribution < -0.4 is 0 Å². The van der Waals surface area contributed by atoms with E-state index in [1.807, 2.05) is 48.5 Å². The summed E-state index contributed by atoms with van der Waals surface area (Å²) >= 11 is 6.25. The van der Waals surface area contributed by atoms with Gasteiger partial charge in [-0.15, -0.1) is 0 Å². The lowest BCUT2D eigenvalue weighted by molar-refractivity contribution is -0.132. The smallest absolute Gasteiger partial charge is 0.332 e. The molecule has 2 aromatic carbocycles. The fourth-order valence-electron chi connectivity index (χ4n) is 2.73. The molecule has 0 radical (unpaired) electrons. The highest BCUT2D eigenvalue weighted by Gasteiger charge is 2.25. The zero-order valence-corrected chi connectivity index (χ0v) is 11.5. The highest BCUT2D eigenvalue weighted by atomic mass is 35.5. The molecule has 3 rings (SSSR count). The maximum atomic E-state index is 11.5. The Balaban J connectivity index is 2.30. The van der Waals surface area contributed by atoms with Crippen molar-refractivity contribution in [2.45, 2.75) is 12.8 Å². The second kappa shape index (κ2) is 5.14. The van der Waals surface area contributed by atoms with Gasteiger partial charge in [0.2, 0.25) is 0 Å². The lowest BCUT2D eigenvalue weighted by Gasteiger charge is -2.22. The van der Waals surface area contributed by atoms with Crippen LogP contribution in [0.25, 0.3) is 5.57 Å². The number of benzene rings is 2. The predicted molar refractivity (Wildman–Crippen MR) is 79.9 cm³/mol. The van der Waals surface area contributed by atoms with Crippen molar-refractivity contribution in [3.05, 3.63) is 75.8 Å². The summed E-state index contributed by atoms with van der Waals surface area (Å²) in [6.45, 7) is 0. The van der Waals surface area contributed by atoms with Gasteiger partial charge in [-0.25, -0.2) is 4.79 Å².